The number of amides is 1. The summed E-state index contributed by atoms with van der Waals surface area (Å²) in [5, 5.41) is 3.44. The quantitative estimate of drug-likeness (QED) is 0.719. The lowest BCUT2D eigenvalue weighted by Crippen LogP contribution is -2.60. The van der Waals surface area contributed by atoms with Gasteiger partial charge in [0.25, 0.3) is 0 Å². The maximum atomic E-state index is 12.0. The monoisotopic (exact) mass is 284 g/mol. The Morgan fingerprint density at radius 1 is 1.35 bits per heavy atom. The summed E-state index contributed by atoms with van der Waals surface area (Å²) in [4.78, 5) is 12.0. The van der Waals surface area contributed by atoms with E-state index >= 15 is 0 Å². The topological polar surface area (TPSA) is 64.3 Å². The third-order valence-electron chi connectivity index (χ3n) is 4.59. The highest BCUT2D eigenvalue weighted by Gasteiger charge is 2.47. The second-order valence-corrected chi connectivity index (χ2v) is 6.83. The van der Waals surface area contributed by atoms with E-state index in [0.29, 0.717) is 18.4 Å². The first-order valence-corrected chi connectivity index (χ1v) is 7.98. The van der Waals surface area contributed by atoms with Crippen molar-refractivity contribution < 1.29 is 9.53 Å². The number of nitrogens with one attached hydrogen (secondary N) is 1. The number of nitrogens with two attached hydrogens (primary N) is 1. The number of hydrogen-bond acceptors (Lipinski definition) is 3. The van der Waals surface area contributed by atoms with Crippen molar-refractivity contribution in [2.24, 2.45) is 17.6 Å². The van der Waals surface area contributed by atoms with Crippen LogP contribution in [-0.2, 0) is 9.53 Å². The zero-order valence-electron chi connectivity index (χ0n) is 13.7. The van der Waals surface area contributed by atoms with Crippen LogP contribution in [0.25, 0.3) is 0 Å². The van der Waals surface area contributed by atoms with Crippen LogP contribution in [0.1, 0.15) is 60.3 Å². The van der Waals surface area contributed by atoms with Gasteiger partial charge in [-0.25, -0.2) is 0 Å². The highest BCUT2D eigenvalue weighted by Crippen LogP contribution is 2.38. The van der Waals surface area contributed by atoms with Crippen molar-refractivity contribution in [3.05, 3.63) is 0 Å². The lowest BCUT2D eigenvalue weighted by atomic mass is 9.83. The Labute approximate surface area is 123 Å². The smallest absolute Gasteiger partial charge is 0.238 e. The zero-order chi connectivity index (χ0) is 15.3. The van der Waals surface area contributed by atoms with Crippen molar-refractivity contribution >= 4 is 5.91 Å². The molecule has 0 saturated heterocycles. The SMILES string of the molecule is CC(C)NC1(C(N)=O)CCCC1CCOC(C)C(C)C. The number of rotatable bonds is 8. The van der Waals surface area contributed by atoms with Gasteiger partial charge in [0.2, 0.25) is 5.91 Å². The standard InChI is InChI=1S/C16H32N2O2/c1-11(2)13(5)20-10-8-14-7-6-9-16(14,15(17)19)18-12(3)4/h11-14,18H,6-10H2,1-5H3,(H2,17,19). The first-order valence-electron chi connectivity index (χ1n) is 7.98. The molecule has 0 aromatic carbocycles. The molecule has 0 bridgehead atoms. The Kier molecular flexibility index (Phi) is 6.46. The van der Waals surface area contributed by atoms with Crippen molar-refractivity contribution in [3.8, 4) is 0 Å². The van der Waals surface area contributed by atoms with Crippen molar-refractivity contribution in [1.29, 1.82) is 0 Å². The van der Waals surface area contributed by atoms with Gasteiger partial charge in [-0.3, -0.25) is 4.79 Å². The second-order valence-electron chi connectivity index (χ2n) is 6.83. The number of primary amides is 1. The summed E-state index contributed by atoms with van der Waals surface area (Å²) >= 11 is 0. The van der Waals surface area contributed by atoms with Crippen molar-refractivity contribution in [3.63, 3.8) is 0 Å². The minimum absolute atomic E-state index is 0.203. The van der Waals surface area contributed by atoms with Crippen LogP contribution in [-0.4, -0.2) is 30.2 Å². The number of carbonyl (C=O) groups excluding carboxylic acids is 1. The average Bonchev–Trinajstić information content (AvgIpc) is 2.72. The number of hydrogen-bond donors (Lipinski definition) is 2. The van der Waals surface area contributed by atoms with Crippen LogP contribution >= 0.6 is 0 Å². The van der Waals surface area contributed by atoms with E-state index in [-0.39, 0.29) is 18.1 Å². The van der Waals surface area contributed by atoms with Crippen molar-refractivity contribution in [2.75, 3.05) is 6.61 Å². The van der Waals surface area contributed by atoms with Crippen LogP contribution in [0.15, 0.2) is 0 Å². The second kappa shape index (κ2) is 7.41. The molecule has 3 unspecified atom stereocenters. The molecular formula is C16H32N2O2. The molecule has 4 heteroatoms. The molecule has 4 nitrogen and oxygen atoms in total. The molecule has 3 N–H and O–H groups in total. The van der Waals surface area contributed by atoms with Gasteiger partial charge in [0.05, 0.1) is 6.10 Å². The summed E-state index contributed by atoms with van der Waals surface area (Å²) in [5.74, 6) is 0.612. The first kappa shape index (κ1) is 17.4. The Morgan fingerprint density at radius 2 is 2.00 bits per heavy atom. The highest BCUT2D eigenvalue weighted by molar-refractivity contribution is 5.85. The number of ether oxygens (including phenoxy) is 1. The van der Waals surface area contributed by atoms with Crippen LogP contribution in [0.2, 0.25) is 0 Å². The van der Waals surface area contributed by atoms with Crippen LogP contribution in [0, 0.1) is 11.8 Å². The summed E-state index contributed by atoms with van der Waals surface area (Å²) < 4.78 is 5.86. The lowest BCUT2D eigenvalue weighted by molar-refractivity contribution is -0.126. The van der Waals surface area contributed by atoms with Gasteiger partial charge in [-0.15, -0.1) is 0 Å². The molecule has 0 aromatic heterocycles. The average molecular weight is 284 g/mol. The molecule has 1 rings (SSSR count). The van der Waals surface area contributed by atoms with E-state index in [1.54, 1.807) is 0 Å². The Hall–Kier alpha value is -0.610. The van der Waals surface area contributed by atoms with Gasteiger partial charge in [0.1, 0.15) is 5.54 Å². The molecule has 0 aromatic rings. The molecule has 3 atom stereocenters. The predicted octanol–water partition coefficient (Wildman–Crippen LogP) is 2.46. The highest BCUT2D eigenvalue weighted by atomic mass is 16.5. The van der Waals surface area contributed by atoms with E-state index in [1.807, 2.05) is 0 Å². The van der Waals surface area contributed by atoms with Crippen LogP contribution < -0.4 is 11.1 Å². The Morgan fingerprint density at radius 3 is 2.50 bits per heavy atom. The Bertz CT molecular complexity index is 318. The van der Waals surface area contributed by atoms with Gasteiger partial charge in [-0.1, -0.05) is 20.3 Å². The number of carbonyl (C=O) groups is 1. The predicted molar refractivity (Wildman–Crippen MR) is 82.4 cm³/mol. The largest absolute Gasteiger partial charge is 0.378 e. The van der Waals surface area contributed by atoms with E-state index in [4.69, 9.17) is 10.5 Å². The Balaban J connectivity index is 2.60. The third-order valence-corrected chi connectivity index (χ3v) is 4.59. The molecule has 1 amide bonds. The van der Waals surface area contributed by atoms with Crippen LogP contribution in [0.4, 0.5) is 0 Å². The van der Waals surface area contributed by atoms with E-state index in [9.17, 15) is 4.79 Å². The molecule has 0 radical (unpaired) electrons. The summed E-state index contributed by atoms with van der Waals surface area (Å²) in [7, 11) is 0. The van der Waals surface area contributed by atoms with Gasteiger partial charge < -0.3 is 15.8 Å². The van der Waals surface area contributed by atoms with Crippen molar-refractivity contribution in [2.45, 2.75) is 78.0 Å². The fourth-order valence-corrected chi connectivity index (χ4v) is 3.16. The van der Waals surface area contributed by atoms with Crippen LogP contribution in [0.5, 0.6) is 0 Å². The molecular weight excluding hydrogens is 252 g/mol. The zero-order valence-corrected chi connectivity index (χ0v) is 13.7. The fourth-order valence-electron chi connectivity index (χ4n) is 3.16. The molecule has 0 heterocycles. The minimum Gasteiger partial charge on any atom is -0.378 e. The molecule has 1 saturated carbocycles. The summed E-state index contributed by atoms with van der Waals surface area (Å²) in [6.45, 7) is 11.3. The van der Waals surface area contributed by atoms with Gasteiger partial charge in [-0.05, 0) is 51.9 Å². The molecule has 20 heavy (non-hydrogen) atoms. The molecule has 1 fully saturated rings. The van der Waals surface area contributed by atoms with E-state index in [2.05, 4.69) is 39.9 Å². The first-order chi connectivity index (χ1) is 9.29. The minimum atomic E-state index is -0.529. The molecule has 1 aliphatic rings. The molecule has 0 aliphatic heterocycles. The van der Waals surface area contributed by atoms with Gasteiger partial charge in [0.15, 0.2) is 0 Å². The van der Waals surface area contributed by atoms with Gasteiger partial charge in [-0.2, -0.15) is 0 Å². The normalized spacial score (nSPS) is 28.2. The molecule has 0 spiro atoms. The van der Waals surface area contributed by atoms with E-state index in [1.165, 1.54) is 0 Å². The van der Waals surface area contributed by atoms with Crippen LogP contribution in [0.3, 0.4) is 0 Å². The van der Waals surface area contributed by atoms with Crippen molar-refractivity contribution in [1.82, 2.24) is 5.32 Å². The van der Waals surface area contributed by atoms with Gasteiger partial charge >= 0.3 is 0 Å². The lowest BCUT2D eigenvalue weighted by Gasteiger charge is -2.35. The van der Waals surface area contributed by atoms with Gasteiger partial charge in [0, 0.05) is 12.6 Å². The van der Waals surface area contributed by atoms with E-state index < -0.39 is 5.54 Å². The fraction of sp³-hybridized carbons (Fsp3) is 0.938. The maximum Gasteiger partial charge on any atom is 0.238 e. The maximum absolute atomic E-state index is 12.0. The summed E-state index contributed by atoms with van der Waals surface area (Å²) in [6.07, 6.45) is 4.14. The van der Waals surface area contributed by atoms with E-state index in [0.717, 1.165) is 25.7 Å². The third kappa shape index (κ3) is 4.19. The molecule has 118 valence electrons. The summed E-state index contributed by atoms with van der Waals surface area (Å²) in [6, 6.07) is 0.263. The summed E-state index contributed by atoms with van der Waals surface area (Å²) in [5.41, 5.74) is 5.18. The molecule has 1 aliphatic carbocycles.